The molecule has 0 aliphatic carbocycles. The second kappa shape index (κ2) is 3.79. The van der Waals surface area contributed by atoms with Crippen molar-refractivity contribution in [2.24, 2.45) is 0 Å². The van der Waals surface area contributed by atoms with E-state index in [1.165, 1.54) is 0 Å². The Morgan fingerprint density at radius 2 is 1.67 bits per heavy atom. The van der Waals surface area contributed by atoms with Gasteiger partial charge in [0.1, 0.15) is 0 Å². The molecule has 0 aliphatic heterocycles. The lowest BCUT2D eigenvalue weighted by Crippen LogP contribution is -2.25. The monoisotopic (exact) mass is 260 g/mol. The van der Waals surface area contributed by atoms with Crippen LogP contribution in [0, 0.1) is 0 Å². The van der Waals surface area contributed by atoms with E-state index < -0.39 is 28.8 Å². The molecule has 0 unspecified atom stereocenters. The minimum atomic E-state index is -4.66. The molecular weight excluding hydrogens is 253 g/mol. The lowest BCUT2D eigenvalue weighted by Gasteiger charge is -2.11. The van der Waals surface area contributed by atoms with Crippen molar-refractivity contribution >= 4 is 5.69 Å². The number of hydrogen-bond acceptors (Lipinski definition) is 3. The molecule has 1 aromatic heterocycles. The summed E-state index contributed by atoms with van der Waals surface area (Å²) >= 11 is 0. The maximum atomic E-state index is 12.6. The van der Waals surface area contributed by atoms with Crippen LogP contribution in [0.5, 0.6) is 0 Å². The normalized spacial score (nSPS) is 11.7. The van der Waals surface area contributed by atoms with Crippen LogP contribution >= 0.6 is 0 Å². The highest BCUT2D eigenvalue weighted by Gasteiger charge is 2.33. The summed E-state index contributed by atoms with van der Waals surface area (Å²) in [6.45, 7) is 0. The van der Waals surface area contributed by atoms with Gasteiger partial charge in [0.15, 0.2) is 0 Å². The Kier molecular flexibility index (Phi) is 2.53. The van der Waals surface area contributed by atoms with Gasteiger partial charge >= 0.3 is 17.6 Å². The molecule has 9 heteroatoms. The number of nitrogens with two attached hydrogens (primary N) is 1. The van der Waals surface area contributed by atoms with Crippen molar-refractivity contribution in [3.63, 3.8) is 0 Å². The maximum absolute atomic E-state index is 12.6. The average Bonchev–Trinajstić information content (AvgIpc) is 2.58. The summed E-state index contributed by atoms with van der Waals surface area (Å²) in [4.78, 5) is 22.5. The smallest absolute Gasteiger partial charge is 0.398 e. The van der Waals surface area contributed by atoms with Crippen molar-refractivity contribution in [3.8, 4) is 5.69 Å². The summed E-state index contributed by atoms with van der Waals surface area (Å²) in [6, 6.07) is 2.77. The summed E-state index contributed by atoms with van der Waals surface area (Å²) in [6.07, 6.45) is -4.66. The molecule has 0 saturated carbocycles. The van der Waals surface area contributed by atoms with Gasteiger partial charge in [-0.25, -0.2) is 24.4 Å². The summed E-state index contributed by atoms with van der Waals surface area (Å²) in [5, 5.41) is 3.93. The molecule has 0 atom stereocenters. The Hall–Kier alpha value is -2.45. The van der Waals surface area contributed by atoms with Gasteiger partial charge in [-0.1, -0.05) is 0 Å². The summed E-state index contributed by atoms with van der Waals surface area (Å²) in [5.41, 5.74) is 1.67. The Morgan fingerprint density at radius 1 is 1.11 bits per heavy atom. The molecule has 4 N–H and O–H groups in total. The molecule has 6 nitrogen and oxygen atoms in total. The molecule has 0 saturated heterocycles. The molecule has 18 heavy (non-hydrogen) atoms. The SMILES string of the molecule is Nc1ccc(-n2c(=O)[nH][nH]c2=O)cc1C(F)(F)F. The van der Waals surface area contributed by atoms with Gasteiger partial charge in [0.2, 0.25) is 0 Å². The van der Waals surface area contributed by atoms with E-state index in [4.69, 9.17) is 5.73 Å². The van der Waals surface area contributed by atoms with Gasteiger partial charge in [-0.05, 0) is 18.2 Å². The van der Waals surface area contributed by atoms with Crippen LogP contribution in [0.4, 0.5) is 18.9 Å². The number of nitrogens with zero attached hydrogens (tertiary/aromatic N) is 1. The Balaban J connectivity index is 2.69. The van der Waals surface area contributed by atoms with Crippen LogP contribution in [0.25, 0.3) is 5.69 Å². The van der Waals surface area contributed by atoms with E-state index in [9.17, 15) is 22.8 Å². The molecule has 2 aromatic rings. The van der Waals surface area contributed by atoms with Crippen molar-refractivity contribution in [1.82, 2.24) is 14.8 Å². The van der Waals surface area contributed by atoms with E-state index in [1.54, 1.807) is 0 Å². The van der Waals surface area contributed by atoms with Crippen molar-refractivity contribution in [2.75, 3.05) is 5.73 Å². The third-order valence-corrected chi connectivity index (χ3v) is 2.28. The Labute approximate surface area is 96.8 Å². The van der Waals surface area contributed by atoms with Crippen molar-refractivity contribution in [3.05, 3.63) is 44.7 Å². The first-order valence-electron chi connectivity index (χ1n) is 4.67. The molecule has 2 rings (SSSR count). The fourth-order valence-corrected chi connectivity index (χ4v) is 1.47. The van der Waals surface area contributed by atoms with Gasteiger partial charge in [-0.2, -0.15) is 13.2 Å². The molecule has 1 aromatic carbocycles. The zero-order valence-corrected chi connectivity index (χ0v) is 8.71. The fourth-order valence-electron chi connectivity index (χ4n) is 1.47. The highest BCUT2D eigenvalue weighted by molar-refractivity contribution is 5.54. The highest BCUT2D eigenvalue weighted by Crippen LogP contribution is 2.34. The first kappa shape index (κ1) is 12.0. The number of hydrogen-bond donors (Lipinski definition) is 3. The minimum absolute atomic E-state index is 0.218. The molecule has 0 aliphatic rings. The highest BCUT2D eigenvalue weighted by atomic mass is 19.4. The number of alkyl halides is 3. The van der Waals surface area contributed by atoms with Crippen LogP contribution in [-0.4, -0.2) is 14.8 Å². The lowest BCUT2D eigenvalue weighted by molar-refractivity contribution is -0.136. The first-order valence-corrected chi connectivity index (χ1v) is 4.67. The number of benzene rings is 1. The van der Waals surface area contributed by atoms with Crippen LogP contribution in [0.2, 0.25) is 0 Å². The number of H-pyrrole nitrogens is 2. The molecule has 1 heterocycles. The Bertz CT molecular complexity index is 667. The van der Waals surface area contributed by atoms with Crippen LogP contribution < -0.4 is 17.1 Å². The number of aromatic amines is 2. The number of rotatable bonds is 1. The molecular formula is C9H7F3N4O2. The third-order valence-electron chi connectivity index (χ3n) is 2.28. The topological polar surface area (TPSA) is 96.7 Å². The number of nitrogens with one attached hydrogen (secondary N) is 2. The van der Waals surface area contributed by atoms with Crippen molar-refractivity contribution < 1.29 is 13.2 Å². The van der Waals surface area contributed by atoms with Crippen molar-refractivity contribution in [1.29, 1.82) is 0 Å². The second-order valence-corrected chi connectivity index (χ2v) is 3.47. The number of aromatic nitrogens is 3. The van der Waals surface area contributed by atoms with Gasteiger partial charge in [-0.3, -0.25) is 0 Å². The fraction of sp³-hybridized carbons (Fsp3) is 0.111. The standard InChI is InChI=1S/C9H7F3N4O2/c10-9(11,12)5-3-4(1-2-6(5)13)16-7(17)14-15-8(16)18/h1-3H,13H2,(H,14,17)(H,15,18). The van der Waals surface area contributed by atoms with Gasteiger partial charge in [0.25, 0.3) is 0 Å². The average molecular weight is 260 g/mol. The van der Waals surface area contributed by atoms with Gasteiger partial charge in [0, 0.05) is 5.69 Å². The molecule has 0 bridgehead atoms. The van der Waals surface area contributed by atoms with E-state index in [2.05, 4.69) is 0 Å². The van der Waals surface area contributed by atoms with Crippen LogP contribution in [-0.2, 0) is 6.18 Å². The van der Waals surface area contributed by atoms with E-state index in [-0.39, 0.29) is 5.69 Å². The molecule has 0 fully saturated rings. The lowest BCUT2D eigenvalue weighted by atomic mass is 10.1. The maximum Gasteiger partial charge on any atom is 0.418 e. The number of anilines is 1. The molecule has 96 valence electrons. The minimum Gasteiger partial charge on any atom is -0.398 e. The predicted molar refractivity (Wildman–Crippen MR) is 56.4 cm³/mol. The number of halogens is 3. The van der Waals surface area contributed by atoms with Gasteiger partial charge in [-0.15, -0.1) is 0 Å². The summed E-state index contributed by atoms with van der Waals surface area (Å²) < 4.78 is 38.4. The van der Waals surface area contributed by atoms with Crippen LogP contribution in [0.3, 0.4) is 0 Å². The molecule has 0 spiro atoms. The first-order chi connectivity index (χ1) is 8.30. The van der Waals surface area contributed by atoms with E-state index in [1.807, 2.05) is 10.2 Å². The van der Waals surface area contributed by atoms with Crippen molar-refractivity contribution in [2.45, 2.75) is 6.18 Å². The van der Waals surface area contributed by atoms with E-state index in [0.717, 1.165) is 12.1 Å². The van der Waals surface area contributed by atoms with Crippen LogP contribution in [0.15, 0.2) is 27.8 Å². The molecule has 0 radical (unpaired) electrons. The predicted octanol–water partition coefficient (Wildman–Crippen LogP) is 0.455. The Morgan fingerprint density at radius 3 is 2.17 bits per heavy atom. The number of nitrogen functional groups attached to an aromatic ring is 1. The third kappa shape index (κ3) is 1.90. The van der Waals surface area contributed by atoms with Crippen LogP contribution in [0.1, 0.15) is 5.56 Å². The quantitative estimate of drug-likeness (QED) is 0.649. The summed E-state index contributed by atoms with van der Waals surface area (Å²) in [5.74, 6) is 0. The second-order valence-electron chi connectivity index (χ2n) is 3.47. The summed E-state index contributed by atoms with van der Waals surface area (Å²) in [7, 11) is 0. The zero-order chi connectivity index (χ0) is 13.5. The zero-order valence-electron chi connectivity index (χ0n) is 8.71. The molecule has 0 amide bonds. The largest absolute Gasteiger partial charge is 0.418 e. The van der Waals surface area contributed by atoms with Gasteiger partial charge < -0.3 is 5.73 Å². The van der Waals surface area contributed by atoms with Gasteiger partial charge in [0.05, 0.1) is 11.3 Å². The van der Waals surface area contributed by atoms with E-state index >= 15 is 0 Å². The van der Waals surface area contributed by atoms with E-state index in [0.29, 0.717) is 10.6 Å².